The Morgan fingerprint density at radius 3 is 0.822 bits per heavy atom. The summed E-state index contributed by atoms with van der Waals surface area (Å²) >= 11 is 0. The monoisotopic (exact) mass is 641 g/mol. The molecule has 270 valence electrons. The predicted molar refractivity (Wildman–Crippen MR) is 214 cm³/mol. The lowest BCUT2D eigenvalue weighted by atomic mass is 9.87. The third kappa shape index (κ3) is 35.4. The molecule has 0 saturated carbocycles. The topological polar surface area (TPSA) is 49.4 Å². The Morgan fingerprint density at radius 2 is 0.689 bits per heavy atom. The number of hydrogen-bond donors (Lipinski definition) is 0. The van der Waals surface area contributed by atoms with Crippen LogP contribution in [0.4, 0.5) is 0 Å². The van der Waals surface area contributed by atoms with Crippen molar-refractivity contribution in [2.45, 2.75) is 222 Å². The maximum Gasteiger partial charge on any atom is 0.0523 e. The van der Waals surface area contributed by atoms with Gasteiger partial charge in [0.05, 0.1) is 22.2 Å². The van der Waals surface area contributed by atoms with Crippen molar-refractivity contribution >= 4 is 22.8 Å². The first kappa shape index (κ1) is 38.1. The lowest BCUT2D eigenvalue weighted by molar-refractivity contribution is 0.532. The fourth-order valence-electron chi connectivity index (χ4n) is 2.71. The third-order valence-electron chi connectivity index (χ3n) is 5.54. The minimum Gasteiger partial charge on any atom is -0.288 e. The zero-order valence-electron chi connectivity index (χ0n) is 41.3. The molecule has 0 bridgehead atoms. The van der Waals surface area contributed by atoms with Crippen molar-refractivity contribution in [1.82, 2.24) is 0 Å². The second-order valence-corrected chi connectivity index (χ2v) is 20.1. The Hall–Kier alpha value is -1.32. The van der Waals surface area contributed by atoms with Gasteiger partial charge in [0.2, 0.25) is 0 Å². The summed E-state index contributed by atoms with van der Waals surface area (Å²) in [6.07, 6.45) is 0.792. The maximum absolute atomic E-state index is 7.43. The van der Waals surface area contributed by atoms with E-state index in [4.69, 9.17) is 8.22 Å². The zero-order valence-corrected chi connectivity index (χ0v) is 35.3. The quantitative estimate of drug-likeness (QED) is 0.256. The lowest BCUT2D eigenvalue weighted by Gasteiger charge is -2.25. The largest absolute Gasteiger partial charge is 0.288 e. The minimum atomic E-state index is -2.09. The molecule has 0 atom stereocenters. The number of nitrogens with zero attached hydrogens (tertiary/aromatic N) is 4. The maximum atomic E-state index is 7.43. The molecule has 45 heavy (non-hydrogen) atoms. The van der Waals surface area contributed by atoms with Crippen LogP contribution in [0.15, 0.2) is 20.0 Å². The van der Waals surface area contributed by atoms with Crippen molar-refractivity contribution in [3.8, 4) is 0 Å². The molecule has 0 unspecified atom stereocenters. The van der Waals surface area contributed by atoms with Gasteiger partial charge in [0.15, 0.2) is 0 Å². The Bertz CT molecular complexity index is 1100. The molecule has 4 heteroatoms. The second-order valence-electron chi connectivity index (χ2n) is 20.1. The van der Waals surface area contributed by atoms with Gasteiger partial charge in [0.1, 0.15) is 0 Å². The van der Waals surface area contributed by atoms with Crippen LogP contribution in [-0.2, 0) is 0 Å². The van der Waals surface area contributed by atoms with E-state index >= 15 is 0 Å². The first-order valence-electron chi connectivity index (χ1n) is 20.0. The highest BCUT2D eigenvalue weighted by Crippen LogP contribution is 2.23. The van der Waals surface area contributed by atoms with E-state index in [1.807, 2.05) is 83.1 Å². The highest BCUT2D eigenvalue weighted by Gasteiger charge is 2.21. The summed E-state index contributed by atoms with van der Waals surface area (Å²) in [6, 6.07) is 0. The van der Waals surface area contributed by atoms with Crippen LogP contribution < -0.4 is 0 Å². The molecular weight excluding hydrogens is 548 g/mol. The van der Waals surface area contributed by atoms with Crippen molar-refractivity contribution in [1.29, 1.82) is 0 Å². The SMILES string of the molecule is CC(=NC(C)(C)C)C(C)(C)C.[2H]C([2H])([2H])C(=NC(C)(C)C)C(C)(C)C.[2H]C([2H])C(=NC(C)(C)C)C(C)(C)C.[2H]CCC(=NC(C)(C)C)C(C)(C)C. The first-order valence-corrected chi connectivity index (χ1v) is 16.7. The van der Waals surface area contributed by atoms with Gasteiger partial charge in [-0.15, -0.1) is 0 Å². The van der Waals surface area contributed by atoms with E-state index in [1.165, 1.54) is 5.71 Å². The van der Waals surface area contributed by atoms with Gasteiger partial charge in [-0.25, -0.2) is 0 Å². The standard InChI is InChI=1S/C11H23N.3C10H21N/c1-8-9(10(2,3)4)12-11(5,6)7;3*1-8(9(2,3)4)11-10(5,6)7/h8H2,1-7H3;3*1-7H3/i1D;1D3;1D2;. The van der Waals surface area contributed by atoms with Crippen LogP contribution in [0.25, 0.3) is 0 Å². The Kier molecular flexibility index (Phi) is 15.5. The van der Waals surface area contributed by atoms with E-state index in [2.05, 4.69) is 110 Å². The van der Waals surface area contributed by atoms with Crippen LogP contribution in [0.1, 0.15) is 208 Å². The fraction of sp³-hybridized carbons (Fsp3) is 0.902. The van der Waals surface area contributed by atoms with Crippen LogP contribution in [0.2, 0.25) is 0 Å². The Labute approximate surface area is 294 Å². The van der Waals surface area contributed by atoms with Gasteiger partial charge >= 0.3 is 0 Å². The number of rotatable bonds is 1. The highest BCUT2D eigenvalue weighted by molar-refractivity contribution is 5.89. The van der Waals surface area contributed by atoms with E-state index < -0.39 is 19.1 Å². The van der Waals surface area contributed by atoms with Crippen LogP contribution >= 0.6 is 0 Å². The van der Waals surface area contributed by atoms with Crippen molar-refractivity contribution in [3.63, 3.8) is 0 Å². The van der Waals surface area contributed by atoms with Crippen molar-refractivity contribution in [3.05, 3.63) is 0 Å². The lowest BCUT2D eigenvalue weighted by Crippen LogP contribution is -2.24. The molecule has 4 nitrogen and oxygen atoms in total. The molecule has 0 N–H and O–H groups in total. The van der Waals surface area contributed by atoms with Gasteiger partial charge in [-0.1, -0.05) is 90.0 Å². The van der Waals surface area contributed by atoms with Gasteiger partial charge in [-0.3, -0.25) is 20.0 Å². The first-order chi connectivity index (χ1) is 21.7. The molecule has 0 aromatic heterocycles. The molecule has 0 aliphatic heterocycles. The minimum absolute atomic E-state index is 0.0161. The molecule has 0 aliphatic carbocycles. The molecule has 0 spiro atoms. The molecule has 0 radical (unpaired) electrons. The molecule has 0 fully saturated rings. The van der Waals surface area contributed by atoms with Crippen LogP contribution in [0.5, 0.6) is 0 Å². The molecule has 0 aliphatic rings. The smallest absolute Gasteiger partial charge is 0.0523 e. The third-order valence-corrected chi connectivity index (χ3v) is 5.54. The molecule has 0 rings (SSSR count). The van der Waals surface area contributed by atoms with Crippen molar-refractivity contribution in [2.75, 3.05) is 0 Å². The van der Waals surface area contributed by atoms with Crippen LogP contribution in [0.3, 0.4) is 0 Å². The molecular formula is C41H86N4. The van der Waals surface area contributed by atoms with Gasteiger partial charge in [0, 0.05) is 31.1 Å². The van der Waals surface area contributed by atoms with Gasteiger partial charge in [-0.05, 0) is 132 Å². The normalized spacial score (nSPS) is 17.6. The second kappa shape index (κ2) is 18.3. The average molecular weight is 641 g/mol. The Balaban J connectivity index is -0.000000290. The summed E-state index contributed by atoms with van der Waals surface area (Å²) in [7, 11) is 0. The van der Waals surface area contributed by atoms with E-state index in [0.717, 1.165) is 12.1 Å². The van der Waals surface area contributed by atoms with Gasteiger partial charge < -0.3 is 0 Å². The molecule has 0 heterocycles. The summed E-state index contributed by atoms with van der Waals surface area (Å²) in [5.74, 6) is 0. The fourth-order valence-corrected chi connectivity index (χ4v) is 2.71. The molecule has 0 amide bonds. The van der Waals surface area contributed by atoms with E-state index in [9.17, 15) is 0 Å². The Morgan fingerprint density at radius 1 is 0.400 bits per heavy atom. The number of hydrogen-bond acceptors (Lipinski definition) is 4. The summed E-state index contributed by atoms with van der Waals surface area (Å²) in [6.45, 7) is 48.5. The van der Waals surface area contributed by atoms with Crippen LogP contribution in [-0.4, -0.2) is 45.0 Å². The zero-order chi connectivity index (χ0) is 42.6. The molecule has 0 saturated heterocycles. The van der Waals surface area contributed by atoms with E-state index in [0.29, 0.717) is 18.3 Å². The summed E-state index contributed by atoms with van der Waals surface area (Å²) < 4.78 is 44.3. The van der Waals surface area contributed by atoms with Crippen molar-refractivity contribution < 1.29 is 8.22 Å². The predicted octanol–water partition coefficient (Wildman–Crippen LogP) is 13.6. The van der Waals surface area contributed by atoms with Crippen molar-refractivity contribution in [2.24, 2.45) is 41.6 Å². The van der Waals surface area contributed by atoms with E-state index in [1.54, 1.807) is 0 Å². The van der Waals surface area contributed by atoms with Gasteiger partial charge in [-0.2, -0.15) is 0 Å². The summed E-state index contributed by atoms with van der Waals surface area (Å²) in [5.41, 5.74) is 2.61. The molecule has 0 aromatic carbocycles. The van der Waals surface area contributed by atoms with Gasteiger partial charge in [0.25, 0.3) is 0 Å². The summed E-state index contributed by atoms with van der Waals surface area (Å²) in [5, 5.41) is 0. The van der Waals surface area contributed by atoms with E-state index in [-0.39, 0.29) is 38.4 Å². The summed E-state index contributed by atoms with van der Waals surface area (Å²) in [4.78, 5) is 18.0. The number of aliphatic imine (C=N–C) groups is 4. The molecule has 0 aromatic rings. The van der Waals surface area contributed by atoms with Crippen LogP contribution in [0, 0.1) is 21.7 Å². The average Bonchev–Trinajstić information content (AvgIpc) is 2.76. The highest BCUT2D eigenvalue weighted by atomic mass is 14.9.